The van der Waals surface area contributed by atoms with Gasteiger partial charge >= 0.3 is 0 Å². The number of thiophene rings is 1. The second kappa shape index (κ2) is 8.84. The van der Waals surface area contributed by atoms with E-state index >= 15 is 0 Å². The van der Waals surface area contributed by atoms with E-state index in [9.17, 15) is 0 Å². The van der Waals surface area contributed by atoms with Crippen molar-refractivity contribution < 1.29 is 9.47 Å². The zero-order chi connectivity index (χ0) is 19.3. The fourth-order valence-corrected chi connectivity index (χ4v) is 4.71. The number of nitrogens with zero attached hydrogens (tertiary/aromatic N) is 2. The molecule has 2 heterocycles. The molecule has 0 bridgehead atoms. The molecule has 0 N–H and O–H groups in total. The number of methoxy groups -OCH3 is 1. The Balaban J connectivity index is 1.25. The molecule has 0 saturated carbocycles. The van der Waals surface area contributed by atoms with E-state index in [4.69, 9.17) is 9.47 Å². The Kier molecular flexibility index (Phi) is 6.03. The third-order valence-electron chi connectivity index (χ3n) is 5.45. The van der Waals surface area contributed by atoms with Gasteiger partial charge in [0, 0.05) is 48.5 Å². The summed E-state index contributed by atoms with van der Waals surface area (Å²) in [5.74, 6) is 1.69. The van der Waals surface area contributed by atoms with Gasteiger partial charge in [0.1, 0.15) is 0 Å². The molecule has 28 heavy (non-hydrogen) atoms. The molecule has 0 aliphatic carbocycles. The van der Waals surface area contributed by atoms with Crippen LogP contribution in [0.25, 0.3) is 10.1 Å². The van der Waals surface area contributed by atoms with Gasteiger partial charge in [-0.3, -0.25) is 4.90 Å². The highest BCUT2D eigenvalue weighted by Gasteiger charge is 2.18. The molecule has 0 amide bonds. The first-order chi connectivity index (χ1) is 13.8. The van der Waals surface area contributed by atoms with Gasteiger partial charge in [0.15, 0.2) is 11.5 Å². The molecule has 5 heteroatoms. The van der Waals surface area contributed by atoms with Crippen LogP contribution in [0.1, 0.15) is 12.0 Å². The number of piperazine rings is 1. The van der Waals surface area contributed by atoms with Gasteiger partial charge < -0.3 is 14.4 Å². The predicted octanol–water partition coefficient (Wildman–Crippen LogP) is 4.81. The number of ether oxygens (including phenoxy) is 2. The largest absolute Gasteiger partial charge is 0.493 e. The van der Waals surface area contributed by atoms with Crippen LogP contribution in [-0.4, -0.2) is 51.3 Å². The Morgan fingerprint density at radius 1 is 1.00 bits per heavy atom. The standard InChI is InChI=1S/C23H28N2O2S/c1-18-6-3-8-21(26-2)23(18)27-16-5-11-24-12-14-25(15-13-24)20-7-4-9-22-19(20)10-17-28-22/h3-4,6-10,17H,5,11-16H2,1-2H3. The molecule has 1 saturated heterocycles. The number of fused-ring (bicyclic) bond motifs is 1. The van der Waals surface area contributed by atoms with Crippen molar-refractivity contribution in [2.75, 3.05) is 51.3 Å². The summed E-state index contributed by atoms with van der Waals surface area (Å²) in [6, 6.07) is 14.9. The summed E-state index contributed by atoms with van der Waals surface area (Å²) < 4.78 is 12.8. The first-order valence-electron chi connectivity index (χ1n) is 9.96. The normalized spacial score (nSPS) is 15.1. The summed E-state index contributed by atoms with van der Waals surface area (Å²) in [5, 5.41) is 3.58. The van der Waals surface area contributed by atoms with Gasteiger partial charge in [-0.1, -0.05) is 18.2 Å². The number of benzene rings is 2. The van der Waals surface area contributed by atoms with E-state index in [0.717, 1.165) is 62.8 Å². The molecule has 148 valence electrons. The minimum Gasteiger partial charge on any atom is -0.493 e. The van der Waals surface area contributed by atoms with Crippen molar-refractivity contribution in [2.24, 2.45) is 0 Å². The lowest BCUT2D eigenvalue weighted by Gasteiger charge is -2.36. The SMILES string of the molecule is COc1cccc(C)c1OCCCN1CCN(c2cccc3sccc23)CC1. The van der Waals surface area contributed by atoms with E-state index in [2.05, 4.69) is 52.4 Å². The number of aryl methyl sites for hydroxylation is 1. The van der Waals surface area contributed by atoms with Crippen molar-refractivity contribution in [3.05, 3.63) is 53.4 Å². The van der Waals surface area contributed by atoms with Gasteiger partial charge in [-0.05, 0) is 48.6 Å². The smallest absolute Gasteiger partial charge is 0.164 e. The maximum atomic E-state index is 6.02. The summed E-state index contributed by atoms with van der Waals surface area (Å²) in [6.07, 6.45) is 1.03. The van der Waals surface area contributed by atoms with Crippen LogP contribution < -0.4 is 14.4 Å². The summed E-state index contributed by atoms with van der Waals surface area (Å²) in [6.45, 7) is 8.23. The highest BCUT2D eigenvalue weighted by atomic mass is 32.1. The molecule has 1 fully saturated rings. The summed E-state index contributed by atoms with van der Waals surface area (Å²) >= 11 is 1.82. The molecule has 1 aliphatic heterocycles. The minimum absolute atomic E-state index is 0.718. The van der Waals surface area contributed by atoms with Gasteiger partial charge in [0.25, 0.3) is 0 Å². The van der Waals surface area contributed by atoms with E-state index < -0.39 is 0 Å². The number of anilines is 1. The van der Waals surface area contributed by atoms with Gasteiger partial charge in [-0.15, -0.1) is 11.3 Å². The Bertz CT molecular complexity index is 916. The second-order valence-electron chi connectivity index (χ2n) is 7.25. The number of hydrogen-bond acceptors (Lipinski definition) is 5. The Hall–Kier alpha value is -2.24. The van der Waals surface area contributed by atoms with E-state index in [1.165, 1.54) is 15.8 Å². The third kappa shape index (κ3) is 4.10. The second-order valence-corrected chi connectivity index (χ2v) is 8.19. The quantitative estimate of drug-likeness (QED) is 0.535. The van der Waals surface area contributed by atoms with Crippen molar-refractivity contribution in [1.29, 1.82) is 0 Å². The first kappa shape index (κ1) is 19.1. The fourth-order valence-electron chi connectivity index (χ4n) is 3.90. The van der Waals surface area contributed by atoms with E-state index in [1.54, 1.807) is 7.11 Å². The zero-order valence-corrected chi connectivity index (χ0v) is 17.5. The monoisotopic (exact) mass is 396 g/mol. The molecule has 0 radical (unpaired) electrons. The van der Waals surface area contributed by atoms with Crippen molar-refractivity contribution in [3.8, 4) is 11.5 Å². The van der Waals surface area contributed by atoms with Gasteiger partial charge in [-0.25, -0.2) is 0 Å². The van der Waals surface area contributed by atoms with Crippen molar-refractivity contribution >= 4 is 27.1 Å². The van der Waals surface area contributed by atoms with E-state index in [1.807, 2.05) is 23.5 Å². The lowest BCUT2D eigenvalue weighted by atomic mass is 10.2. The van der Waals surface area contributed by atoms with Gasteiger partial charge in [-0.2, -0.15) is 0 Å². The van der Waals surface area contributed by atoms with Gasteiger partial charge in [0.2, 0.25) is 0 Å². The van der Waals surface area contributed by atoms with Crippen LogP contribution in [0.3, 0.4) is 0 Å². The summed E-state index contributed by atoms with van der Waals surface area (Å²) in [4.78, 5) is 5.07. The molecular weight excluding hydrogens is 368 g/mol. The van der Waals surface area contributed by atoms with Crippen LogP contribution in [0.5, 0.6) is 11.5 Å². The molecule has 4 rings (SSSR count). The Morgan fingerprint density at radius 3 is 2.64 bits per heavy atom. The maximum Gasteiger partial charge on any atom is 0.164 e. The van der Waals surface area contributed by atoms with Crippen molar-refractivity contribution in [1.82, 2.24) is 4.90 Å². The van der Waals surface area contributed by atoms with Crippen LogP contribution in [0.2, 0.25) is 0 Å². The van der Waals surface area contributed by atoms with Crippen LogP contribution in [0.15, 0.2) is 47.8 Å². The lowest BCUT2D eigenvalue weighted by Crippen LogP contribution is -2.46. The minimum atomic E-state index is 0.718. The molecule has 2 aromatic carbocycles. The Labute approximate surface area is 171 Å². The number of rotatable bonds is 7. The van der Waals surface area contributed by atoms with Crippen LogP contribution in [0.4, 0.5) is 5.69 Å². The van der Waals surface area contributed by atoms with Gasteiger partial charge in [0.05, 0.1) is 13.7 Å². The molecule has 3 aromatic rings. The number of para-hydroxylation sites is 1. The zero-order valence-electron chi connectivity index (χ0n) is 16.7. The molecule has 0 unspecified atom stereocenters. The fraction of sp³-hybridized carbons (Fsp3) is 0.391. The first-order valence-corrected chi connectivity index (χ1v) is 10.8. The van der Waals surface area contributed by atoms with Crippen LogP contribution >= 0.6 is 11.3 Å². The predicted molar refractivity (Wildman–Crippen MR) is 118 cm³/mol. The lowest BCUT2D eigenvalue weighted by molar-refractivity contribution is 0.221. The molecule has 4 nitrogen and oxygen atoms in total. The van der Waals surface area contributed by atoms with Crippen LogP contribution in [0, 0.1) is 6.92 Å². The third-order valence-corrected chi connectivity index (χ3v) is 6.33. The topological polar surface area (TPSA) is 24.9 Å². The number of hydrogen-bond donors (Lipinski definition) is 0. The average Bonchev–Trinajstić information content (AvgIpc) is 3.21. The molecule has 0 atom stereocenters. The summed E-state index contributed by atoms with van der Waals surface area (Å²) in [7, 11) is 1.69. The average molecular weight is 397 g/mol. The Morgan fingerprint density at radius 2 is 1.82 bits per heavy atom. The highest BCUT2D eigenvalue weighted by Crippen LogP contribution is 2.32. The highest BCUT2D eigenvalue weighted by molar-refractivity contribution is 7.17. The van der Waals surface area contributed by atoms with Crippen molar-refractivity contribution in [2.45, 2.75) is 13.3 Å². The molecular formula is C23H28N2O2S. The molecule has 1 aromatic heterocycles. The van der Waals surface area contributed by atoms with E-state index in [-0.39, 0.29) is 0 Å². The molecule has 0 spiro atoms. The van der Waals surface area contributed by atoms with E-state index in [0.29, 0.717) is 0 Å². The maximum absolute atomic E-state index is 6.02. The molecule has 1 aliphatic rings. The summed E-state index contributed by atoms with van der Waals surface area (Å²) in [5.41, 5.74) is 2.50. The van der Waals surface area contributed by atoms with Crippen LogP contribution in [-0.2, 0) is 0 Å². The van der Waals surface area contributed by atoms with Crippen molar-refractivity contribution in [3.63, 3.8) is 0 Å².